The lowest BCUT2D eigenvalue weighted by atomic mass is 10.0. The molecule has 4 heteroatoms. The van der Waals surface area contributed by atoms with Crippen LogP contribution < -0.4 is 0 Å². The second-order valence-electron chi connectivity index (χ2n) is 2.72. The molecule has 0 saturated heterocycles. The third-order valence-corrected chi connectivity index (χ3v) is 1.79. The van der Waals surface area contributed by atoms with Gasteiger partial charge in [0.1, 0.15) is 11.6 Å². The van der Waals surface area contributed by atoms with Crippen LogP contribution in [0.2, 0.25) is 0 Å². The van der Waals surface area contributed by atoms with E-state index >= 15 is 0 Å². The fourth-order valence-electron chi connectivity index (χ4n) is 1.06. The molecular weight excluding hydrogens is 173 g/mol. The molecule has 1 unspecified atom stereocenters. The lowest BCUT2D eigenvalue weighted by Gasteiger charge is -2.09. The highest BCUT2D eigenvalue weighted by Crippen LogP contribution is 2.16. The van der Waals surface area contributed by atoms with Gasteiger partial charge in [0.2, 0.25) is 0 Å². The number of aromatic nitrogens is 1. The third-order valence-electron chi connectivity index (χ3n) is 1.79. The summed E-state index contributed by atoms with van der Waals surface area (Å²) in [6.45, 7) is 0.887. The Morgan fingerprint density at radius 1 is 1.77 bits per heavy atom. The molecular formula is C9H10FNO2. The highest BCUT2D eigenvalue weighted by atomic mass is 19.1. The zero-order chi connectivity index (χ0) is 9.84. The Balaban J connectivity index is 3.04. The highest BCUT2D eigenvalue weighted by Gasteiger charge is 2.20. The molecule has 13 heavy (non-hydrogen) atoms. The molecule has 0 aliphatic heterocycles. The van der Waals surface area contributed by atoms with Crippen LogP contribution in [-0.4, -0.2) is 22.5 Å². The van der Waals surface area contributed by atoms with E-state index in [0.717, 1.165) is 0 Å². The van der Waals surface area contributed by atoms with Crippen molar-refractivity contribution in [1.29, 1.82) is 0 Å². The molecule has 1 rings (SSSR count). The molecule has 0 aliphatic carbocycles. The average molecular weight is 183 g/mol. The molecule has 1 N–H and O–H groups in total. The SMILES string of the molecule is CC(=O)C(CO)c1ncccc1F. The number of halogens is 1. The summed E-state index contributed by atoms with van der Waals surface area (Å²) in [5.41, 5.74) is 0.0116. The van der Waals surface area contributed by atoms with E-state index in [2.05, 4.69) is 4.98 Å². The average Bonchev–Trinajstić information content (AvgIpc) is 2.09. The molecule has 0 aliphatic rings. The van der Waals surface area contributed by atoms with E-state index in [1.165, 1.54) is 25.3 Å². The summed E-state index contributed by atoms with van der Waals surface area (Å²) >= 11 is 0. The second-order valence-corrected chi connectivity index (χ2v) is 2.72. The number of aliphatic hydroxyl groups is 1. The Bertz CT molecular complexity index is 314. The molecule has 1 heterocycles. The number of aliphatic hydroxyl groups excluding tert-OH is 1. The smallest absolute Gasteiger partial charge is 0.145 e. The molecule has 0 saturated carbocycles. The van der Waals surface area contributed by atoms with Gasteiger partial charge in [0.25, 0.3) is 0 Å². The van der Waals surface area contributed by atoms with E-state index in [1.54, 1.807) is 0 Å². The fourth-order valence-corrected chi connectivity index (χ4v) is 1.06. The van der Waals surface area contributed by atoms with Crippen molar-refractivity contribution in [2.75, 3.05) is 6.61 Å². The Morgan fingerprint density at radius 2 is 2.46 bits per heavy atom. The molecule has 1 atom stereocenters. The number of carbonyl (C=O) groups excluding carboxylic acids is 1. The van der Waals surface area contributed by atoms with Crippen LogP contribution in [0, 0.1) is 5.82 Å². The molecule has 70 valence electrons. The van der Waals surface area contributed by atoms with Crippen LogP contribution >= 0.6 is 0 Å². The Morgan fingerprint density at radius 3 is 2.92 bits per heavy atom. The van der Waals surface area contributed by atoms with E-state index in [1.807, 2.05) is 0 Å². The predicted molar refractivity (Wildman–Crippen MR) is 44.7 cm³/mol. The number of hydrogen-bond donors (Lipinski definition) is 1. The number of Topliss-reactive ketones (excluding diaryl/α,β-unsaturated/α-hetero) is 1. The van der Waals surface area contributed by atoms with Crippen molar-refractivity contribution in [3.63, 3.8) is 0 Å². The van der Waals surface area contributed by atoms with Gasteiger partial charge in [-0.25, -0.2) is 4.39 Å². The maximum absolute atomic E-state index is 13.1. The first-order chi connectivity index (χ1) is 6.16. The van der Waals surface area contributed by atoms with Gasteiger partial charge in [-0.15, -0.1) is 0 Å². The van der Waals surface area contributed by atoms with Gasteiger partial charge in [-0.2, -0.15) is 0 Å². The number of hydrogen-bond acceptors (Lipinski definition) is 3. The topological polar surface area (TPSA) is 50.2 Å². The minimum atomic E-state index is -0.846. The maximum atomic E-state index is 13.1. The normalized spacial score (nSPS) is 12.5. The maximum Gasteiger partial charge on any atom is 0.145 e. The summed E-state index contributed by atoms with van der Waals surface area (Å²) in [7, 11) is 0. The van der Waals surface area contributed by atoms with Gasteiger partial charge in [0.15, 0.2) is 0 Å². The first-order valence-electron chi connectivity index (χ1n) is 3.88. The van der Waals surface area contributed by atoms with Gasteiger partial charge in [0.05, 0.1) is 18.2 Å². The van der Waals surface area contributed by atoms with Crippen LogP contribution in [0.4, 0.5) is 4.39 Å². The van der Waals surface area contributed by atoms with Gasteiger partial charge in [-0.3, -0.25) is 9.78 Å². The quantitative estimate of drug-likeness (QED) is 0.756. The molecule has 1 aromatic rings. The van der Waals surface area contributed by atoms with E-state index in [4.69, 9.17) is 5.11 Å². The largest absolute Gasteiger partial charge is 0.395 e. The lowest BCUT2D eigenvalue weighted by molar-refractivity contribution is -0.119. The lowest BCUT2D eigenvalue weighted by Crippen LogP contribution is -2.16. The van der Waals surface area contributed by atoms with Crippen LogP contribution in [0.25, 0.3) is 0 Å². The molecule has 0 aromatic carbocycles. The first-order valence-corrected chi connectivity index (χ1v) is 3.88. The van der Waals surface area contributed by atoms with Crippen LogP contribution in [0.15, 0.2) is 18.3 Å². The monoisotopic (exact) mass is 183 g/mol. The summed E-state index contributed by atoms with van der Waals surface area (Å²) in [6, 6.07) is 2.65. The van der Waals surface area contributed by atoms with E-state index in [0.29, 0.717) is 0 Å². The van der Waals surface area contributed by atoms with Crippen LogP contribution in [0.5, 0.6) is 0 Å². The van der Waals surface area contributed by atoms with Crippen LogP contribution in [0.1, 0.15) is 18.5 Å². The Hall–Kier alpha value is -1.29. The number of carbonyl (C=O) groups is 1. The molecule has 1 aromatic heterocycles. The predicted octanol–water partition coefficient (Wildman–Crippen LogP) is 0.886. The summed E-state index contributed by atoms with van der Waals surface area (Å²) in [5.74, 6) is -1.70. The Labute approximate surface area is 75.2 Å². The summed E-state index contributed by atoms with van der Waals surface area (Å²) in [4.78, 5) is 14.7. The van der Waals surface area contributed by atoms with Crippen LogP contribution in [0.3, 0.4) is 0 Å². The van der Waals surface area contributed by atoms with Gasteiger partial charge >= 0.3 is 0 Å². The molecule has 0 spiro atoms. The van der Waals surface area contributed by atoms with E-state index in [-0.39, 0.29) is 11.5 Å². The first kappa shape index (κ1) is 9.80. The number of rotatable bonds is 3. The van der Waals surface area contributed by atoms with Crippen molar-refractivity contribution in [3.05, 3.63) is 29.8 Å². The zero-order valence-corrected chi connectivity index (χ0v) is 7.20. The summed E-state index contributed by atoms with van der Waals surface area (Å²) in [6.07, 6.45) is 1.39. The van der Waals surface area contributed by atoms with Crippen molar-refractivity contribution < 1.29 is 14.3 Å². The second kappa shape index (κ2) is 4.09. The summed E-state index contributed by atoms with van der Waals surface area (Å²) in [5, 5.41) is 8.85. The number of ketones is 1. The molecule has 0 fully saturated rings. The van der Waals surface area contributed by atoms with Crippen molar-refractivity contribution in [2.45, 2.75) is 12.8 Å². The standard InChI is InChI=1S/C9H10FNO2/c1-6(13)7(5-12)9-8(10)3-2-4-11-9/h2-4,7,12H,5H2,1H3. The van der Waals surface area contributed by atoms with Gasteiger partial charge in [-0.1, -0.05) is 0 Å². The van der Waals surface area contributed by atoms with Crippen molar-refractivity contribution >= 4 is 5.78 Å². The van der Waals surface area contributed by atoms with Crippen molar-refractivity contribution in [2.24, 2.45) is 0 Å². The van der Waals surface area contributed by atoms with Crippen molar-refractivity contribution in [3.8, 4) is 0 Å². The highest BCUT2D eigenvalue weighted by molar-refractivity contribution is 5.83. The number of pyridine rings is 1. The minimum absolute atomic E-state index is 0.0116. The molecule has 0 bridgehead atoms. The number of nitrogens with zero attached hydrogens (tertiary/aromatic N) is 1. The molecule has 3 nitrogen and oxygen atoms in total. The third kappa shape index (κ3) is 2.09. The van der Waals surface area contributed by atoms with Gasteiger partial charge in [0, 0.05) is 6.20 Å². The van der Waals surface area contributed by atoms with Crippen LogP contribution in [-0.2, 0) is 4.79 Å². The van der Waals surface area contributed by atoms with E-state index < -0.39 is 18.3 Å². The van der Waals surface area contributed by atoms with E-state index in [9.17, 15) is 9.18 Å². The van der Waals surface area contributed by atoms with Gasteiger partial charge < -0.3 is 5.11 Å². The molecule has 0 radical (unpaired) electrons. The van der Waals surface area contributed by atoms with Crippen molar-refractivity contribution in [1.82, 2.24) is 4.98 Å². The summed E-state index contributed by atoms with van der Waals surface area (Å²) < 4.78 is 13.1. The minimum Gasteiger partial charge on any atom is -0.395 e. The molecule has 0 amide bonds. The van der Waals surface area contributed by atoms with Gasteiger partial charge in [-0.05, 0) is 19.1 Å². The fraction of sp³-hybridized carbons (Fsp3) is 0.333. The Kier molecular flexibility index (Phi) is 3.08. The zero-order valence-electron chi connectivity index (χ0n) is 7.20.